The minimum absolute atomic E-state index is 0.0575. The van der Waals surface area contributed by atoms with Crippen LogP contribution in [0.4, 0.5) is 4.39 Å². The second-order valence-electron chi connectivity index (χ2n) is 4.78. The van der Waals surface area contributed by atoms with E-state index in [0.29, 0.717) is 17.7 Å². The number of benzene rings is 2. The maximum Gasteiger partial charge on any atom is 0.221 e. The average molecular weight is 303 g/mol. The molecule has 1 amide bonds. The van der Waals surface area contributed by atoms with Crippen LogP contribution in [-0.2, 0) is 11.3 Å². The summed E-state index contributed by atoms with van der Waals surface area (Å²) in [4.78, 5) is 12.9. The third-order valence-electron chi connectivity index (χ3n) is 3.05. The number of halogens is 1. The maximum atomic E-state index is 13.4. The lowest BCUT2D eigenvalue weighted by Gasteiger charge is -2.06. The van der Waals surface area contributed by atoms with Crippen molar-refractivity contribution in [3.63, 3.8) is 0 Å². The minimum Gasteiger partial charge on any atom is -0.352 e. The van der Waals surface area contributed by atoms with Crippen LogP contribution in [0.2, 0.25) is 0 Å². The zero-order valence-electron chi connectivity index (χ0n) is 11.9. The molecular weight excluding hydrogens is 285 g/mol. The van der Waals surface area contributed by atoms with Gasteiger partial charge in [-0.05, 0) is 25.1 Å². The van der Waals surface area contributed by atoms with Gasteiger partial charge in [0.25, 0.3) is 0 Å². The van der Waals surface area contributed by atoms with Gasteiger partial charge in [-0.3, -0.25) is 4.79 Å². The van der Waals surface area contributed by atoms with Crippen LogP contribution in [0, 0.1) is 12.7 Å². The van der Waals surface area contributed by atoms with E-state index >= 15 is 0 Å². The van der Waals surface area contributed by atoms with Crippen molar-refractivity contribution >= 4 is 17.7 Å². The molecule has 0 bridgehead atoms. The predicted octanol–water partition coefficient (Wildman–Crippen LogP) is 3.93. The molecule has 0 saturated carbocycles. The van der Waals surface area contributed by atoms with Crippen LogP contribution in [0.3, 0.4) is 0 Å². The van der Waals surface area contributed by atoms with Gasteiger partial charge in [-0.2, -0.15) is 0 Å². The molecule has 0 aliphatic carbocycles. The van der Waals surface area contributed by atoms with Crippen molar-refractivity contribution in [2.24, 2.45) is 0 Å². The minimum atomic E-state index is -0.285. The summed E-state index contributed by atoms with van der Waals surface area (Å²) in [6.07, 6.45) is 0.424. The van der Waals surface area contributed by atoms with Crippen molar-refractivity contribution in [1.29, 1.82) is 0 Å². The first-order valence-corrected chi connectivity index (χ1v) is 7.83. The van der Waals surface area contributed by atoms with Gasteiger partial charge in [0.2, 0.25) is 5.91 Å². The first-order valence-electron chi connectivity index (χ1n) is 6.85. The van der Waals surface area contributed by atoms with Crippen LogP contribution in [0.5, 0.6) is 0 Å². The average Bonchev–Trinajstić information content (AvgIpc) is 2.48. The summed E-state index contributed by atoms with van der Waals surface area (Å²) in [5, 5.41) is 2.74. The summed E-state index contributed by atoms with van der Waals surface area (Å²) in [5.41, 5.74) is 1.74. The van der Waals surface area contributed by atoms with E-state index < -0.39 is 0 Å². The van der Waals surface area contributed by atoms with E-state index in [0.717, 1.165) is 4.90 Å². The molecule has 0 aliphatic heterocycles. The zero-order chi connectivity index (χ0) is 15.1. The zero-order valence-corrected chi connectivity index (χ0v) is 12.8. The molecule has 0 aliphatic rings. The van der Waals surface area contributed by atoms with Crippen molar-refractivity contribution < 1.29 is 9.18 Å². The highest BCUT2D eigenvalue weighted by Crippen LogP contribution is 2.18. The molecule has 2 rings (SSSR count). The Hall–Kier alpha value is -1.81. The second-order valence-corrected chi connectivity index (χ2v) is 5.95. The first-order chi connectivity index (χ1) is 10.1. The Morgan fingerprint density at radius 2 is 1.86 bits per heavy atom. The van der Waals surface area contributed by atoms with Crippen molar-refractivity contribution in [3.05, 3.63) is 65.5 Å². The van der Waals surface area contributed by atoms with Crippen LogP contribution in [0.25, 0.3) is 0 Å². The van der Waals surface area contributed by atoms with E-state index in [1.54, 1.807) is 30.0 Å². The Bertz CT molecular complexity index is 598. The molecule has 0 unspecified atom stereocenters. The van der Waals surface area contributed by atoms with Gasteiger partial charge in [0.1, 0.15) is 5.82 Å². The monoisotopic (exact) mass is 303 g/mol. The number of nitrogens with one attached hydrogen (secondary N) is 1. The van der Waals surface area contributed by atoms with Crippen molar-refractivity contribution in [2.45, 2.75) is 24.8 Å². The Morgan fingerprint density at radius 3 is 2.57 bits per heavy atom. The number of carbonyl (C=O) groups excluding carboxylic acids is 1. The van der Waals surface area contributed by atoms with Crippen LogP contribution >= 0.6 is 11.8 Å². The second kappa shape index (κ2) is 7.84. The fraction of sp³-hybridized carbons (Fsp3) is 0.235. The third kappa shape index (κ3) is 5.23. The first kappa shape index (κ1) is 15.6. The molecule has 21 heavy (non-hydrogen) atoms. The Morgan fingerprint density at radius 1 is 1.14 bits per heavy atom. The Balaban J connectivity index is 1.70. The van der Waals surface area contributed by atoms with Crippen LogP contribution in [-0.4, -0.2) is 11.7 Å². The van der Waals surface area contributed by atoms with Gasteiger partial charge in [0.05, 0.1) is 0 Å². The van der Waals surface area contributed by atoms with Crippen LogP contribution < -0.4 is 5.32 Å². The van der Waals surface area contributed by atoms with Gasteiger partial charge in [0.15, 0.2) is 0 Å². The highest BCUT2D eigenvalue weighted by atomic mass is 32.2. The van der Waals surface area contributed by atoms with Gasteiger partial charge >= 0.3 is 0 Å². The summed E-state index contributed by atoms with van der Waals surface area (Å²) in [5.74, 6) is 0.372. The molecular formula is C17H18FNOS. The molecule has 2 aromatic rings. The van der Waals surface area contributed by atoms with E-state index in [-0.39, 0.29) is 18.3 Å². The highest BCUT2D eigenvalue weighted by Gasteiger charge is 2.04. The molecule has 2 nitrogen and oxygen atoms in total. The lowest BCUT2D eigenvalue weighted by atomic mass is 10.2. The SMILES string of the molecule is Cc1ccc(SCCC(=O)NCc2ccccc2F)cc1. The Kier molecular flexibility index (Phi) is 5.81. The maximum absolute atomic E-state index is 13.4. The van der Waals surface area contributed by atoms with E-state index in [1.165, 1.54) is 11.6 Å². The number of aryl methyl sites for hydroxylation is 1. The molecule has 1 N–H and O–H groups in total. The molecule has 0 saturated heterocycles. The fourth-order valence-corrected chi connectivity index (χ4v) is 2.67. The third-order valence-corrected chi connectivity index (χ3v) is 4.07. The van der Waals surface area contributed by atoms with Gasteiger partial charge < -0.3 is 5.32 Å². The van der Waals surface area contributed by atoms with Crippen molar-refractivity contribution in [2.75, 3.05) is 5.75 Å². The molecule has 0 aromatic heterocycles. The van der Waals surface area contributed by atoms with Gasteiger partial charge in [-0.15, -0.1) is 11.8 Å². The summed E-state index contributed by atoms with van der Waals surface area (Å²) < 4.78 is 13.4. The van der Waals surface area contributed by atoms with Gasteiger partial charge in [-0.1, -0.05) is 35.9 Å². The largest absolute Gasteiger partial charge is 0.352 e. The van der Waals surface area contributed by atoms with Crippen LogP contribution in [0.15, 0.2) is 53.4 Å². The fourth-order valence-electron chi connectivity index (χ4n) is 1.82. The normalized spacial score (nSPS) is 10.4. The highest BCUT2D eigenvalue weighted by molar-refractivity contribution is 7.99. The quantitative estimate of drug-likeness (QED) is 0.819. The lowest BCUT2D eigenvalue weighted by Crippen LogP contribution is -2.23. The van der Waals surface area contributed by atoms with Gasteiger partial charge in [-0.25, -0.2) is 4.39 Å². The van der Waals surface area contributed by atoms with E-state index in [2.05, 4.69) is 29.6 Å². The molecule has 4 heteroatoms. The number of hydrogen-bond acceptors (Lipinski definition) is 2. The molecule has 0 heterocycles. The number of rotatable bonds is 6. The Labute approximate surface area is 128 Å². The molecule has 0 fully saturated rings. The molecule has 110 valence electrons. The lowest BCUT2D eigenvalue weighted by molar-refractivity contribution is -0.120. The molecule has 2 aromatic carbocycles. The summed E-state index contributed by atoms with van der Waals surface area (Å²) in [7, 11) is 0. The van der Waals surface area contributed by atoms with E-state index in [1.807, 2.05) is 6.92 Å². The number of amides is 1. The van der Waals surface area contributed by atoms with E-state index in [4.69, 9.17) is 0 Å². The summed E-state index contributed by atoms with van der Waals surface area (Å²) in [6, 6.07) is 14.7. The van der Waals surface area contributed by atoms with E-state index in [9.17, 15) is 9.18 Å². The molecule has 0 atom stereocenters. The summed E-state index contributed by atoms with van der Waals surface area (Å²) >= 11 is 1.65. The standard InChI is InChI=1S/C17H18FNOS/c1-13-6-8-15(9-7-13)21-11-10-17(20)19-12-14-4-2-3-5-16(14)18/h2-9H,10-12H2,1H3,(H,19,20). The number of hydrogen-bond donors (Lipinski definition) is 1. The topological polar surface area (TPSA) is 29.1 Å². The number of thioether (sulfide) groups is 1. The summed E-state index contributed by atoms with van der Waals surface area (Å²) in [6.45, 7) is 2.28. The van der Waals surface area contributed by atoms with Crippen molar-refractivity contribution in [1.82, 2.24) is 5.32 Å². The molecule has 0 radical (unpaired) electrons. The smallest absolute Gasteiger partial charge is 0.221 e. The predicted molar refractivity (Wildman–Crippen MR) is 84.8 cm³/mol. The van der Waals surface area contributed by atoms with Gasteiger partial charge in [0, 0.05) is 29.2 Å². The van der Waals surface area contributed by atoms with Crippen molar-refractivity contribution in [3.8, 4) is 0 Å². The number of carbonyl (C=O) groups is 1. The molecule has 0 spiro atoms. The van der Waals surface area contributed by atoms with Crippen LogP contribution in [0.1, 0.15) is 17.5 Å².